The van der Waals surface area contributed by atoms with Crippen LogP contribution < -0.4 is 19.9 Å². The van der Waals surface area contributed by atoms with Crippen molar-refractivity contribution in [2.24, 2.45) is 0 Å². The summed E-state index contributed by atoms with van der Waals surface area (Å²) < 4.78 is 17.2. The van der Waals surface area contributed by atoms with Crippen LogP contribution >= 0.6 is 0 Å². The van der Waals surface area contributed by atoms with Crippen molar-refractivity contribution < 1.29 is 14.2 Å². The molecule has 128 valence electrons. The van der Waals surface area contributed by atoms with Crippen molar-refractivity contribution in [3.63, 3.8) is 0 Å². The summed E-state index contributed by atoms with van der Waals surface area (Å²) in [5.41, 5.74) is 1.57. The Morgan fingerprint density at radius 3 is 2.44 bits per heavy atom. The van der Waals surface area contributed by atoms with E-state index in [2.05, 4.69) is 25.0 Å². The average Bonchev–Trinajstić information content (AvgIpc) is 3.27. The zero-order valence-corrected chi connectivity index (χ0v) is 13.7. The van der Waals surface area contributed by atoms with Gasteiger partial charge >= 0.3 is 5.69 Å². The van der Waals surface area contributed by atoms with Gasteiger partial charge in [0.15, 0.2) is 28.6 Å². The van der Waals surface area contributed by atoms with Crippen LogP contribution in [0.25, 0.3) is 28.2 Å². The fraction of sp³-hybridized carbons (Fsp3) is 0.200. The molecule has 4 rings (SSSR count). The minimum Gasteiger partial charge on any atom is -0.493 e. The number of hydrogen-bond donors (Lipinski definition) is 2. The smallest absolute Gasteiger partial charge is 0.349 e. The molecular formula is C15H14N6O4. The monoisotopic (exact) mass is 342 g/mol. The highest BCUT2D eigenvalue weighted by Gasteiger charge is 2.18. The number of imidazole rings is 1. The first kappa shape index (κ1) is 15.0. The van der Waals surface area contributed by atoms with Crippen molar-refractivity contribution in [3.8, 4) is 28.6 Å². The second-order valence-corrected chi connectivity index (χ2v) is 5.14. The third kappa shape index (κ3) is 2.18. The minimum absolute atomic E-state index is 0.340. The van der Waals surface area contributed by atoms with Gasteiger partial charge < -0.3 is 19.2 Å². The SMILES string of the molecule is COc1cc(-c2nc3c4[nH]cnc4[nH]c(=O)n3n2)cc(OC)c1OC. The van der Waals surface area contributed by atoms with Crippen LogP contribution in [0.5, 0.6) is 17.2 Å². The highest BCUT2D eigenvalue weighted by atomic mass is 16.5. The van der Waals surface area contributed by atoms with Gasteiger partial charge in [-0.15, -0.1) is 5.10 Å². The molecular weight excluding hydrogens is 328 g/mol. The molecule has 0 atom stereocenters. The first-order valence-corrected chi connectivity index (χ1v) is 7.28. The maximum atomic E-state index is 12.2. The topological polar surface area (TPSA) is 119 Å². The van der Waals surface area contributed by atoms with Gasteiger partial charge in [-0.2, -0.15) is 4.52 Å². The third-order valence-electron chi connectivity index (χ3n) is 3.81. The van der Waals surface area contributed by atoms with E-state index in [1.807, 2.05) is 0 Å². The summed E-state index contributed by atoms with van der Waals surface area (Å²) in [5, 5.41) is 4.28. The number of benzene rings is 1. The lowest BCUT2D eigenvalue weighted by molar-refractivity contribution is 0.324. The van der Waals surface area contributed by atoms with Crippen LogP contribution in [-0.4, -0.2) is 50.9 Å². The second-order valence-electron chi connectivity index (χ2n) is 5.14. The summed E-state index contributed by atoms with van der Waals surface area (Å²) >= 11 is 0. The number of nitrogens with zero attached hydrogens (tertiary/aromatic N) is 4. The van der Waals surface area contributed by atoms with Crippen molar-refractivity contribution in [3.05, 3.63) is 28.9 Å². The molecule has 2 N–H and O–H groups in total. The summed E-state index contributed by atoms with van der Waals surface area (Å²) in [6.07, 6.45) is 1.48. The summed E-state index contributed by atoms with van der Waals surface area (Å²) in [6, 6.07) is 3.43. The van der Waals surface area contributed by atoms with Crippen LogP contribution in [0.1, 0.15) is 0 Å². The molecule has 4 aromatic rings. The number of fused-ring (bicyclic) bond motifs is 3. The van der Waals surface area contributed by atoms with E-state index in [1.54, 1.807) is 12.1 Å². The quantitative estimate of drug-likeness (QED) is 0.567. The van der Waals surface area contributed by atoms with Crippen LogP contribution in [0.4, 0.5) is 0 Å². The number of H-pyrrole nitrogens is 2. The van der Waals surface area contributed by atoms with Crippen LogP contribution in [0.2, 0.25) is 0 Å². The lowest BCUT2D eigenvalue weighted by atomic mass is 10.1. The van der Waals surface area contributed by atoms with Gasteiger partial charge in [0.2, 0.25) is 5.75 Å². The minimum atomic E-state index is -0.430. The average molecular weight is 342 g/mol. The Bertz CT molecular complexity index is 1120. The van der Waals surface area contributed by atoms with Gasteiger partial charge in [0.1, 0.15) is 5.52 Å². The molecule has 0 bridgehead atoms. The standard InChI is InChI=1S/C15H14N6O4/c1-23-8-4-7(5-9(24-2)11(8)25-3)12-18-14-10-13(17-6-16-10)19-15(22)21(14)20-12/h4-6H,1-3H3,(H,16,17)(H,19,22). The first-order chi connectivity index (χ1) is 12.2. The summed E-state index contributed by atoms with van der Waals surface area (Å²) in [6.45, 7) is 0. The van der Waals surface area contributed by atoms with Gasteiger partial charge in [-0.05, 0) is 12.1 Å². The van der Waals surface area contributed by atoms with Gasteiger partial charge in [-0.25, -0.2) is 14.8 Å². The predicted molar refractivity (Wildman–Crippen MR) is 88.4 cm³/mol. The number of aromatic amines is 2. The fourth-order valence-electron chi connectivity index (χ4n) is 2.66. The van der Waals surface area contributed by atoms with Crippen molar-refractivity contribution in [1.29, 1.82) is 0 Å². The molecule has 0 fully saturated rings. The van der Waals surface area contributed by atoms with Crippen molar-refractivity contribution >= 4 is 16.8 Å². The van der Waals surface area contributed by atoms with Crippen molar-refractivity contribution in [2.45, 2.75) is 0 Å². The Kier molecular flexibility index (Phi) is 3.31. The Balaban J connectivity index is 1.98. The lowest BCUT2D eigenvalue weighted by Crippen LogP contribution is -2.17. The zero-order chi connectivity index (χ0) is 17.6. The number of nitrogens with one attached hydrogen (secondary N) is 2. The Morgan fingerprint density at radius 2 is 1.80 bits per heavy atom. The van der Waals surface area contributed by atoms with Gasteiger partial charge in [0.25, 0.3) is 0 Å². The number of aromatic nitrogens is 6. The van der Waals surface area contributed by atoms with E-state index in [0.29, 0.717) is 45.4 Å². The highest BCUT2D eigenvalue weighted by molar-refractivity contribution is 5.85. The number of rotatable bonds is 4. The van der Waals surface area contributed by atoms with E-state index in [9.17, 15) is 4.79 Å². The van der Waals surface area contributed by atoms with E-state index in [0.717, 1.165) is 0 Å². The van der Waals surface area contributed by atoms with E-state index < -0.39 is 5.69 Å². The van der Waals surface area contributed by atoms with Gasteiger partial charge in [0.05, 0.1) is 27.7 Å². The fourth-order valence-corrected chi connectivity index (χ4v) is 2.66. The van der Waals surface area contributed by atoms with Crippen molar-refractivity contribution in [2.75, 3.05) is 21.3 Å². The third-order valence-corrected chi connectivity index (χ3v) is 3.81. The molecule has 0 spiro atoms. The molecule has 0 aliphatic heterocycles. The summed E-state index contributed by atoms with van der Waals surface area (Å²) in [5.74, 6) is 1.74. The molecule has 3 heterocycles. The molecule has 25 heavy (non-hydrogen) atoms. The van der Waals surface area contributed by atoms with Crippen LogP contribution in [-0.2, 0) is 0 Å². The van der Waals surface area contributed by atoms with E-state index >= 15 is 0 Å². The van der Waals surface area contributed by atoms with Gasteiger partial charge in [0, 0.05) is 5.56 Å². The van der Waals surface area contributed by atoms with Crippen molar-refractivity contribution in [1.82, 2.24) is 29.5 Å². The Morgan fingerprint density at radius 1 is 1.08 bits per heavy atom. The van der Waals surface area contributed by atoms with Crippen LogP contribution in [0.15, 0.2) is 23.3 Å². The van der Waals surface area contributed by atoms with Gasteiger partial charge in [-0.3, -0.25) is 4.98 Å². The number of ether oxygens (including phenoxy) is 3. The van der Waals surface area contributed by atoms with Crippen LogP contribution in [0.3, 0.4) is 0 Å². The molecule has 0 unspecified atom stereocenters. The summed E-state index contributed by atoms with van der Waals surface area (Å²) in [7, 11) is 4.58. The molecule has 10 nitrogen and oxygen atoms in total. The highest BCUT2D eigenvalue weighted by Crippen LogP contribution is 2.40. The molecule has 0 radical (unpaired) electrons. The molecule has 0 saturated heterocycles. The molecule has 10 heteroatoms. The van der Waals surface area contributed by atoms with E-state index in [-0.39, 0.29) is 0 Å². The first-order valence-electron chi connectivity index (χ1n) is 7.28. The lowest BCUT2D eigenvalue weighted by Gasteiger charge is -2.12. The normalized spacial score (nSPS) is 11.2. The number of methoxy groups -OCH3 is 3. The van der Waals surface area contributed by atoms with Crippen LogP contribution in [0, 0.1) is 0 Å². The number of hydrogen-bond acceptors (Lipinski definition) is 7. The Labute approximate surface area is 140 Å². The molecule has 0 aliphatic rings. The molecule has 3 aromatic heterocycles. The van der Waals surface area contributed by atoms with Gasteiger partial charge in [-0.1, -0.05) is 0 Å². The molecule has 0 aliphatic carbocycles. The largest absolute Gasteiger partial charge is 0.493 e. The maximum absolute atomic E-state index is 12.2. The van der Waals surface area contributed by atoms with E-state index in [1.165, 1.54) is 32.2 Å². The molecule has 0 saturated carbocycles. The summed E-state index contributed by atoms with van der Waals surface area (Å²) in [4.78, 5) is 26.2. The predicted octanol–water partition coefficient (Wildman–Crippen LogP) is 0.987. The zero-order valence-electron chi connectivity index (χ0n) is 13.7. The van der Waals surface area contributed by atoms with E-state index in [4.69, 9.17) is 14.2 Å². The Hall–Kier alpha value is -3.56. The second kappa shape index (κ2) is 5.51. The maximum Gasteiger partial charge on any atom is 0.349 e. The molecule has 0 amide bonds. The molecule has 1 aromatic carbocycles.